The second kappa shape index (κ2) is 9.92. The van der Waals surface area contributed by atoms with Crippen molar-refractivity contribution in [3.8, 4) is 17.2 Å². The number of rotatable bonds is 7. The van der Waals surface area contributed by atoms with E-state index < -0.39 is 17.5 Å². The lowest BCUT2D eigenvalue weighted by Crippen LogP contribution is -2.18. The lowest BCUT2D eigenvalue weighted by molar-refractivity contribution is 0.0958. The Morgan fingerprint density at radius 1 is 1.00 bits per heavy atom. The SMILES string of the molecule is CNC(=O)c1cc(Oc2ccc(Nc3cc4c(C(C)C)nn(-c5cc(F)cc(F)c5)c4[nH]3)c(F)c2)ccn1. The smallest absolute Gasteiger partial charge is 0.269 e. The van der Waals surface area contributed by atoms with Crippen molar-refractivity contribution in [2.24, 2.45) is 0 Å². The van der Waals surface area contributed by atoms with Crippen molar-refractivity contribution in [3.05, 3.63) is 89.6 Å². The third kappa shape index (κ3) is 4.90. The highest BCUT2D eigenvalue weighted by Gasteiger charge is 2.19. The second-order valence-corrected chi connectivity index (χ2v) is 8.85. The molecular formula is C27H23F3N6O2. The molecule has 0 radical (unpaired) electrons. The summed E-state index contributed by atoms with van der Waals surface area (Å²) >= 11 is 0. The Bertz CT molecular complexity index is 1640. The van der Waals surface area contributed by atoms with E-state index in [0.29, 0.717) is 22.9 Å². The highest BCUT2D eigenvalue weighted by molar-refractivity contribution is 5.92. The van der Waals surface area contributed by atoms with Crippen LogP contribution in [0.3, 0.4) is 0 Å². The average Bonchev–Trinajstić information content (AvgIpc) is 3.43. The molecule has 0 fully saturated rings. The summed E-state index contributed by atoms with van der Waals surface area (Å²) in [4.78, 5) is 18.9. The molecule has 0 saturated carbocycles. The molecule has 0 bridgehead atoms. The van der Waals surface area contributed by atoms with Gasteiger partial charge in [0.05, 0.1) is 17.1 Å². The number of anilines is 2. The molecule has 0 aliphatic heterocycles. The maximum absolute atomic E-state index is 15.0. The number of nitrogens with one attached hydrogen (secondary N) is 3. The molecule has 0 unspecified atom stereocenters. The summed E-state index contributed by atoms with van der Waals surface area (Å²) in [5, 5.41) is 10.8. The summed E-state index contributed by atoms with van der Waals surface area (Å²) in [6.45, 7) is 3.91. The fourth-order valence-corrected chi connectivity index (χ4v) is 4.03. The minimum Gasteiger partial charge on any atom is -0.457 e. The number of carbonyl (C=O) groups is 1. The molecule has 5 aromatic rings. The van der Waals surface area contributed by atoms with Gasteiger partial charge in [-0.25, -0.2) is 17.9 Å². The fourth-order valence-electron chi connectivity index (χ4n) is 4.03. The van der Waals surface area contributed by atoms with Crippen molar-refractivity contribution in [2.75, 3.05) is 12.4 Å². The van der Waals surface area contributed by atoms with Crippen molar-refractivity contribution < 1.29 is 22.7 Å². The van der Waals surface area contributed by atoms with Crippen LogP contribution in [-0.2, 0) is 0 Å². The summed E-state index contributed by atoms with van der Waals surface area (Å²) < 4.78 is 49.9. The topological polar surface area (TPSA) is 96.9 Å². The molecule has 2 aromatic carbocycles. The van der Waals surface area contributed by atoms with Gasteiger partial charge in [0.25, 0.3) is 5.91 Å². The number of carbonyl (C=O) groups excluding carboxylic acids is 1. The molecule has 0 aliphatic carbocycles. The third-order valence-corrected chi connectivity index (χ3v) is 5.77. The molecule has 1 amide bonds. The third-order valence-electron chi connectivity index (χ3n) is 5.77. The number of aromatic nitrogens is 4. The quantitative estimate of drug-likeness (QED) is 0.238. The highest BCUT2D eigenvalue weighted by Crippen LogP contribution is 2.32. The predicted molar refractivity (Wildman–Crippen MR) is 137 cm³/mol. The predicted octanol–water partition coefficient (Wildman–Crippen LogP) is 6.18. The van der Waals surface area contributed by atoms with Gasteiger partial charge in [-0.1, -0.05) is 13.8 Å². The van der Waals surface area contributed by atoms with Crippen LogP contribution < -0.4 is 15.4 Å². The van der Waals surface area contributed by atoms with Crippen molar-refractivity contribution in [1.82, 2.24) is 25.1 Å². The van der Waals surface area contributed by atoms with Crippen molar-refractivity contribution in [3.63, 3.8) is 0 Å². The summed E-state index contributed by atoms with van der Waals surface area (Å²) in [5.41, 5.74) is 1.78. The first-order valence-electron chi connectivity index (χ1n) is 11.7. The molecule has 0 aliphatic rings. The number of hydrogen-bond acceptors (Lipinski definition) is 5. The first-order valence-corrected chi connectivity index (χ1v) is 11.7. The normalized spacial score (nSPS) is 11.2. The zero-order chi connectivity index (χ0) is 27.0. The van der Waals surface area contributed by atoms with Gasteiger partial charge in [0, 0.05) is 36.8 Å². The van der Waals surface area contributed by atoms with E-state index in [1.54, 1.807) is 18.2 Å². The molecule has 5 rings (SSSR count). The van der Waals surface area contributed by atoms with Crippen LogP contribution in [0.4, 0.5) is 24.7 Å². The number of pyridine rings is 1. The Labute approximate surface area is 215 Å². The van der Waals surface area contributed by atoms with Crippen LogP contribution in [-0.4, -0.2) is 32.7 Å². The van der Waals surface area contributed by atoms with Crippen LogP contribution in [0.2, 0.25) is 0 Å². The molecule has 0 saturated heterocycles. The van der Waals surface area contributed by atoms with E-state index in [-0.39, 0.29) is 34.6 Å². The lowest BCUT2D eigenvalue weighted by Gasteiger charge is -2.10. The van der Waals surface area contributed by atoms with Crippen molar-refractivity contribution in [2.45, 2.75) is 19.8 Å². The van der Waals surface area contributed by atoms with Crippen LogP contribution in [0.5, 0.6) is 11.5 Å². The molecule has 11 heteroatoms. The number of H-pyrrole nitrogens is 1. The maximum Gasteiger partial charge on any atom is 0.269 e. The number of aromatic amines is 1. The Morgan fingerprint density at radius 3 is 2.42 bits per heavy atom. The van der Waals surface area contributed by atoms with E-state index in [1.165, 1.54) is 48.3 Å². The number of ether oxygens (including phenoxy) is 1. The molecule has 3 N–H and O–H groups in total. The number of amides is 1. The molecule has 0 atom stereocenters. The van der Waals surface area contributed by atoms with E-state index in [4.69, 9.17) is 4.74 Å². The molecular weight excluding hydrogens is 497 g/mol. The largest absolute Gasteiger partial charge is 0.457 e. The molecule has 8 nitrogen and oxygen atoms in total. The Balaban J connectivity index is 1.42. The Hall–Kier alpha value is -4.80. The summed E-state index contributed by atoms with van der Waals surface area (Å²) in [7, 11) is 1.49. The monoisotopic (exact) mass is 520 g/mol. The van der Waals surface area contributed by atoms with E-state index >= 15 is 0 Å². The van der Waals surface area contributed by atoms with Gasteiger partial charge >= 0.3 is 0 Å². The van der Waals surface area contributed by atoms with Crippen LogP contribution in [0.25, 0.3) is 16.7 Å². The minimum atomic E-state index is -0.722. The Kier molecular flexibility index (Phi) is 6.50. The van der Waals surface area contributed by atoms with Crippen LogP contribution >= 0.6 is 0 Å². The molecule has 194 valence electrons. The standard InChI is InChI=1S/C27H23F3N6O2/c1-14(2)25-20-13-24(34-26(20)36(35-25)17-9-15(28)8-16(29)10-17)33-22-5-4-18(11-21(22)30)38-19-6-7-32-23(12-19)27(37)31-3/h4-14,33-34H,1-3H3,(H,31,37). The van der Waals surface area contributed by atoms with Gasteiger partial charge < -0.3 is 20.4 Å². The van der Waals surface area contributed by atoms with Crippen LogP contribution in [0.1, 0.15) is 35.9 Å². The lowest BCUT2D eigenvalue weighted by atomic mass is 10.1. The molecule has 3 aromatic heterocycles. The molecule has 0 spiro atoms. The van der Waals surface area contributed by atoms with Gasteiger partial charge in [0.15, 0.2) is 0 Å². The molecule has 3 heterocycles. The number of halogens is 3. The van der Waals surface area contributed by atoms with Crippen LogP contribution in [0, 0.1) is 17.5 Å². The first-order chi connectivity index (χ1) is 18.2. The summed E-state index contributed by atoms with van der Waals surface area (Å²) in [6, 6.07) is 12.2. The zero-order valence-electron chi connectivity index (χ0n) is 20.6. The van der Waals surface area contributed by atoms with E-state index in [0.717, 1.165) is 11.5 Å². The highest BCUT2D eigenvalue weighted by atomic mass is 19.1. The van der Waals surface area contributed by atoms with Gasteiger partial charge in [-0.05, 0) is 42.3 Å². The van der Waals surface area contributed by atoms with Gasteiger partial charge in [0.2, 0.25) is 0 Å². The van der Waals surface area contributed by atoms with Gasteiger partial charge in [0.1, 0.15) is 46.1 Å². The average molecular weight is 521 g/mol. The number of nitrogens with zero attached hydrogens (tertiary/aromatic N) is 3. The van der Waals surface area contributed by atoms with Gasteiger partial charge in [-0.2, -0.15) is 5.10 Å². The molecule has 38 heavy (non-hydrogen) atoms. The van der Waals surface area contributed by atoms with Crippen molar-refractivity contribution in [1.29, 1.82) is 0 Å². The number of benzene rings is 2. The van der Waals surface area contributed by atoms with Crippen molar-refractivity contribution >= 4 is 28.4 Å². The van der Waals surface area contributed by atoms with Gasteiger partial charge in [-0.15, -0.1) is 0 Å². The summed E-state index contributed by atoms with van der Waals surface area (Å²) in [6.07, 6.45) is 1.42. The number of hydrogen-bond donors (Lipinski definition) is 3. The number of fused-ring (bicyclic) bond motifs is 1. The van der Waals surface area contributed by atoms with E-state index in [9.17, 15) is 18.0 Å². The minimum absolute atomic E-state index is 0.0195. The second-order valence-electron chi connectivity index (χ2n) is 8.85. The fraction of sp³-hybridized carbons (Fsp3) is 0.148. The van der Waals surface area contributed by atoms with E-state index in [2.05, 4.69) is 25.7 Å². The zero-order valence-corrected chi connectivity index (χ0v) is 20.6. The Morgan fingerprint density at radius 2 is 1.74 bits per heavy atom. The van der Waals surface area contributed by atoms with E-state index in [1.807, 2.05) is 13.8 Å². The van der Waals surface area contributed by atoms with Gasteiger partial charge in [-0.3, -0.25) is 9.78 Å². The van der Waals surface area contributed by atoms with Crippen LogP contribution in [0.15, 0.2) is 60.8 Å². The maximum atomic E-state index is 15.0. The summed E-state index contributed by atoms with van der Waals surface area (Å²) in [5.74, 6) is -1.36. The first kappa shape index (κ1) is 24.9.